The van der Waals surface area contributed by atoms with E-state index < -0.39 is 5.41 Å². The van der Waals surface area contributed by atoms with E-state index >= 15 is 0 Å². The van der Waals surface area contributed by atoms with E-state index in [1.54, 1.807) is 0 Å². The topological polar surface area (TPSA) is 54.8 Å². The molecule has 2 aliphatic rings. The Balaban J connectivity index is 1.000. The van der Waals surface area contributed by atoms with Crippen molar-refractivity contribution in [3.8, 4) is 67.4 Å². The molecular formula is C65H41N5. The average molecular weight is 892 g/mol. The van der Waals surface area contributed by atoms with Crippen molar-refractivity contribution in [2.45, 2.75) is 5.41 Å². The first-order valence-corrected chi connectivity index (χ1v) is 23.8. The third-order valence-electron chi connectivity index (χ3n) is 14.3. The van der Waals surface area contributed by atoms with Crippen molar-refractivity contribution in [1.82, 2.24) is 19.9 Å². The number of anilines is 3. The van der Waals surface area contributed by atoms with Crippen molar-refractivity contribution in [1.29, 1.82) is 0 Å². The number of fused-ring (bicyclic) bond motifs is 12. The lowest BCUT2D eigenvalue weighted by molar-refractivity contribution is 0.754. The second-order valence-corrected chi connectivity index (χ2v) is 18.1. The average Bonchev–Trinajstić information content (AvgIpc) is 3.72. The molecule has 5 nitrogen and oxygen atoms in total. The highest BCUT2D eigenvalue weighted by Gasteiger charge is 2.52. The molecule has 1 spiro atoms. The van der Waals surface area contributed by atoms with E-state index in [9.17, 15) is 0 Å². The van der Waals surface area contributed by atoms with E-state index in [4.69, 9.17) is 9.97 Å². The molecule has 14 rings (SSSR count). The van der Waals surface area contributed by atoms with Crippen LogP contribution in [0.2, 0.25) is 0 Å². The van der Waals surface area contributed by atoms with E-state index in [2.05, 4.69) is 215 Å². The molecule has 5 heterocycles. The van der Waals surface area contributed by atoms with Gasteiger partial charge in [-0.05, 0) is 146 Å². The standard InChI is InChI=1S/C65H41N5/c1-3-17-44(18-4-1)64-52-40-51-48-34-33-45(42-29-31-43(32-30-42)46-38-60(58-25-13-15-35-66-58)68-61(39-46)59-26-14-16-36-67-59)37-55(48)65(56(51)41-50(52)49-21-7-10-24-57(49)69-64)53-22-8-11-27-62(53)70(47-19-5-2-6-20-47)63-28-12-9-23-54(63)65/h1-41H. The summed E-state index contributed by atoms with van der Waals surface area (Å²) in [5.74, 6) is 0. The summed E-state index contributed by atoms with van der Waals surface area (Å²) in [6.07, 6.45) is 3.62. The summed E-state index contributed by atoms with van der Waals surface area (Å²) >= 11 is 0. The summed E-state index contributed by atoms with van der Waals surface area (Å²) in [4.78, 5) is 22.2. The van der Waals surface area contributed by atoms with Crippen molar-refractivity contribution >= 4 is 38.7 Å². The van der Waals surface area contributed by atoms with Gasteiger partial charge >= 0.3 is 0 Å². The minimum atomic E-state index is -0.661. The molecule has 0 unspecified atom stereocenters. The number of para-hydroxylation sites is 4. The lowest BCUT2D eigenvalue weighted by Crippen LogP contribution is -2.36. The first-order chi connectivity index (χ1) is 34.7. The quantitative estimate of drug-likeness (QED) is 0.156. The molecule has 4 aromatic heterocycles. The van der Waals surface area contributed by atoms with Gasteiger partial charge in [-0.3, -0.25) is 9.97 Å². The fraction of sp³-hybridized carbons (Fsp3) is 0.0154. The van der Waals surface area contributed by atoms with Crippen LogP contribution in [-0.4, -0.2) is 19.9 Å². The molecule has 0 saturated heterocycles. The molecule has 70 heavy (non-hydrogen) atoms. The molecule has 1 aliphatic heterocycles. The number of benzene rings is 8. The number of pyridine rings is 4. The molecular weight excluding hydrogens is 851 g/mol. The van der Waals surface area contributed by atoms with Gasteiger partial charge in [-0.15, -0.1) is 0 Å². The summed E-state index contributed by atoms with van der Waals surface area (Å²) in [6.45, 7) is 0. The van der Waals surface area contributed by atoms with Crippen LogP contribution >= 0.6 is 0 Å². The SMILES string of the molecule is c1ccc(-c2nc3ccccc3c3cc4c(cc23)-c2ccc(-c3ccc(-c5cc(-c6ccccn6)nc(-c6ccccn6)c5)cc3)cc2C42c3ccccc3N(c3ccccc3)c3ccccc32)cc1. The maximum absolute atomic E-state index is 5.38. The summed E-state index contributed by atoms with van der Waals surface area (Å²) in [6, 6.07) is 85.3. The number of hydrogen-bond acceptors (Lipinski definition) is 5. The zero-order valence-electron chi connectivity index (χ0n) is 37.9. The predicted molar refractivity (Wildman–Crippen MR) is 285 cm³/mol. The lowest BCUT2D eigenvalue weighted by atomic mass is 9.64. The van der Waals surface area contributed by atoms with Gasteiger partial charge in [0, 0.05) is 34.4 Å². The largest absolute Gasteiger partial charge is 0.310 e. The Morgan fingerprint density at radius 1 is 0.314 bits per heavy atom. The molecule has 0 atom stereocenters. The van der Waals surface area contributed by atoms with Crippen molar-refractivity contribution in [2.75, 3.05) is 4.90 Å². The maximum Gasteiger partial charge on any atom is 0.0900 e. The summed E-state index contributed by atoms with van der Waals surface area (Å²) in [7, 11) is 0. The zero-order chi connectivity index (χ0) is 46.2. The van der Waals surface area contributed by atoms with Crippen LogP contribution in [-0.2, 0) is 5.41 Å². The Labute approximate surface area is 405 Å². The van der Waals surface area contributed by atoms with Crippen molar-refractivity contribution in [2.24, 2.45) is 0 Å². The molecule has 326 valence electrons. The lowest BCUT2D eigenvalue weighted by Gasteiger charge is -2.45. The van der Waals surface area contributed by atoms with Gasteiger partial charge in [-0.1, -0.05) is 152 Å². The highest BCUT2D eigenvalue weighted by atomic mass is 15.2. The van der Waals surface area contributed by atoms with E-state index in [0.29, 0.717) is 0 Å². The molecule has 0 fully saturated rings. The van der Waals surface area contributed by atoms with Gasteiger partial charge in [0.25, 0.3) is 0 Å². The van der Waals surface area contributed by atoms with Gasteiger partial charge < -0.3 is 4.90 Å². The van der Waals surface area contributed by atoms with Crippen molar-refractivity contribution in [3.05, 3.63) is 271 Å². The molecule has 0 bridgehead atoms. The Bertz CT molecular complexity index is 3880. The maximum atomic E-state index is 5.38. The van der Waals surface area contributed by atoms with Gasteiger partial charge in [0.2, 0.25) is 0 Å². The molecule has 12 aromatic rings. The number of hydrogen-bond donors (Lipinski definition) is 0. The first-order valence-electron chi connectivity index (χ1n) is 23.8. The van der Waals surface area contributed by atoms with Crippen LogP contribution in [0.3, 0.4) is 0 Å². The minimum Gasteiger partial charge on any atom is -0.310 e. The highest BCUT2D eigenvalue weighted by Crippen LogP contribution is 2.64. The van der Waals surface area contributed by atoms with Crippen LogP contribution in [0, 0.1) is 0 Å². The predicted octanol–water partition coefficient (Wildman–Crippen LogP) is 16.1. The molecule has 5 heteroatoms. The second kappa shape index (κ2) is 15.9. The van der Waals surface area contributed by atoms with Crippen LogP contribution in [0.25, 0.3) is 89.1 Å². The van der Waals surface area contributed by atoms with Crippen molar-refractivity contribution in [3.63, 3.8) is 0 Å². The number of nitrogens with zero attached hydrogens (tertiary/aromatic N) is 5. The zero-order valence-corrected chi connectivity index (χ0v) is 37.9. The van der Waals surface area contributed by atoms with Gasteiger partial charge in [-0.25, -0.2) is 9.97 Å². The van der Waals surface area contributed by atoms with Crippen LogP contribution in [0.5, 0.6) is 0 Å². The Hall–Kier alpha value is -9.32. The van der Waals surface area contributed by atoms with Crippen LogP contribution in [0.15, 0.2) is 249 Å². The van der Waals surface area contributed by atoms with Gasteiger partial charge in [-0.2, -0.15) is 0 Å². The van der Waals surface area contributed by atoms with Gasteiger partial charge in [0.05, 0.1) is 50.8 Å². The second-order valence-electron chi connectivity index (χ2n) is 18.1. The number of rotatable bonds is 6. The van der Waals surface area contributed by atoms with Crippen LogP contribution in [0.1, 0.15) is 22.3 Å². The third kappa shape index (κ3) is 6.11. The summed E-state index contributed by atoms with van der Waals surface area (Å²) in [5, 5.41) is 3.48. The van der Waals surface area contributed by atoms with E-state index in [1.165, 1.54) is 38.8 Å². The normalized spacial score (nSPS) is 12.9. The summed E-state index contributed by atoms with van der Waals surface area (Å²) in [5.41, 5.74) is 21.0. The van der Waals surface area contributed by atoms with E-state index in [-0.39, 0.29) is 0 Å². The van der Waals surface area contributed by atoms with E-state index in [0.717, 1.165) is 89.6 Å². The molecule has 0 radical (unpaired) electrons. The fourth-order valence-electron chi connectivity index (χ4n) is 11.3. The fourth-order valence-corrected chi connectivity index (χ4v) is 11.3. The molecule has 8 aromatic carbocycles. The Kier molecular flexibility index (Phi) is 9.04. The van der Waals surface area contributed by atoms with Crippen LogP contribution < -0.4 is 4.90 Å². The smallest absolute Gasteiger partial charge is 0.0900 e. The van der Waals surface area contributed by atoms with E-state index in [1.807, 2.05) is 48.8 Å². The molecule has 0 amide bonds. The minimum absolute atomic E-state index is 0.661. The van der Waals surface area contributed by atoms with Crippen LogP contribution in [0.4, 0.5) is 17.1 Å². The van der Waals surface area contributed by atoms with Crippen molar-refractivity contribution < 1.29 is 0 Å². The first kappa shape index (κ1) is 39.8. The van der Waals surface area contributed by atoms with Gasteiger partial charge in [0.15, 0.2) is 0 Å². The summed E-state index contributed by atoms with van der Waals surface area (Å²) < 4.78 is 0. The molecule has 1 aliphatic carbocycles. The Morgan fingerprint density at radius 3 is 1.53 bits per heavy atom. The highest BCUT2D eigenvalue weighted by molar-refractivity contribution is 6.14. The third-order valence-corrected chi connectivity index (χ3v) is 14.3. The molecule has 0 saturated carbocycles. The number of aromatic nitrogens is 4. The molecule has 0 N–H and O–H groups in total. The Morgan fingerprint density at radius 2 is 0.871 bits per heavy atom. The van der Waals surface area contributed by atoms with Gasteiger partial charge in [0.1, 0.15) is 0 Å². The monoisotopic (exact) mass is 891 g/mol.